The van der Waals surface area contributed by atoms with E-state index in [1.807, 2.05) is 12.1 Å². The third kappa shape index (κ3) is 2.37. The van der Waals surface area contributed by atoms with Crippen LogP contribution in [0.25, 0.3) is 0 Å². The molecule has 1 heterocycles. The highest BCUT2D eigenvalue weighted by Crippen LogP contribution is 2.36. The monoisotopic (exact) mass is 236 g/mol. The second-order valence-corrected chi connectivity index (χ2v) is 4.37. The van der Waals surface area contributed by atoms with E-state index < -0.39 is 0 Å². The summed E-state index contributed by atoms with van der Waals surface area (Å²) in [6, 6.07) is 5.93. The minimum Gasteiger partial charge on any atom is -0.497 e. The number of nitrogens with two attached hydrogens (primary N) is 1. The van der Waals surface area contributed by atoms with Gasteiger partial charge in [0.2, 0.25) is 0 Å². The van der Waals surface area contributed by atoms with E-state index in [-0.39, 0.29) is 0 Å². The lowest BCUT2D eigenvalue weighted by Crippen LogP contribution is -2.21. The Labute approximate surface area is 102 Å². The zero-order valence-corrected chi connectivity index (χ0v) is 10.4. The predicted molar refractivity (Wildman–Crippen MR) is 67.7 cm³/mol. The molecule has 0 saturated carbocycles. The highest BCUT2D eigenvalue weighted by atomic mass is 16.5. The number of methoxy groups -OCH3 is 2. The second kappa shape index (κ2) is 5.38. The van der Waals surface area contributed by atoms with Crippen LogP contribution in [0, 0.1) is 5.92 Å². The highest BCUT2D eigenvalue weighted by molar-refractivity contribution is 5.43. The van der Waals surface area contributed by atoms with Crippen LogP contribution in [0.3, 0.4) is 0 Å². The van der Waals surface area contributed by atoms with Crippen molar-refractivity contribution in [2.45, 2.75) is 5.92 Å². The molecule has 1 aromatic rings. The minimum atomic E-state index is 0.407. The van der Waals surface area contributed by atoms with Gasteiger partial charge in [-0.3, -0.25) is 0 Å². The van der Waals surface area contributed by atoms with E-state index >= 15 is 0 Å². The van der Waals surface area contributed by atoms with Crippen LogP contribution in [-0.4, -0.2) is 33.9 Å². The molecule has 1 aliphatic heterocycles. The molecule has 3 N–H and O–H groups in total. The zero-order chi connectivity index (χ0) is 12.3. The quantitative estimate of drug-likeness (QED) is 0.817. The molecule has 1 aromatic carbocycles. The molecule has 2 atom stereocenters. The van der Waals surface area contributed by atoms with E-state index in [4.69, 9.17) is 15.2 Å². The normalized spacial score (nSPS) is 23.7. The highest BCUT2D eigenvalue weighted by Gasteiger charge is 2.29. The van der Waals surface area contributed by atoms with Crippen molar-refractivity contribution >= 4 is 0 Å². The summed E-state index contributed by atoms with van der Waals surface area (Å²) < 4.78 is 10.7. The van der Waals surface area contributed by atoms with Crippen LogP contribution < -0.4 is 20.5 Å². The standard InChI is InChI=1S/C13H20N2O2/c1-16-10-3-4-13(17-2)11(5-10)12-8-15-7-9(12)6-14/h3-5,9,12,15H,6-8,14H2,1-2H3. The smallest absolute Gasteiger partial charge is 0.122 e. The maximum Gasteiger partial charge on any atom is 0.122 e. The summed E-state index contributed by atoms with van der Waals surface area (Å²) in [5.74, 6) is 2.66. The van der Waals surface area contributed by atoms with Gasteiger partial charge in [-0.1, -0.05) is 0 Å². The van der Waals surface area contributed by atoms with Gasteiger partial charge in [-0.25, -0.2) is 0 Å². The van der Waals surface area contributed by atoms with Crippen LogP contribution >= 0.6 is 0 Å². The van der Waals surface area contributed by atoms with Crippen molar-refractivity contribution in [3.8, 4) is 11.5 Å². The molecular weight excluding hydrogens is 216 g/mol. The third-order valence-corrected chi connectivity index (χ3v) is 3.48. The van der Waals surface area contributed by atoms with E-state index in [0.29, 0.717) is 18.4 Å². The zero-order valence-electron chi connectivity index (χ0n) is 10.4. The molecule has 2 rings (SSSR count). The molecule has 1 aliphatic rings. The van der Waals surface area contributed by atoms with Gasteiger partial charge in [0.15, 0.2) is 0 Å². The first-order valence-corrected chi connectivity index (χ1v) is 5.92. The summed E-state index contributed by atoms with van der Waals surface area (Å²) >= 11 is 0. The molecule has 4 heteroatoms. The fourth-order valence-corrected chi connectivity index (χ4v) is 2.47. The van der Waals surface area contributed by atoms with Crippen molar-refractivity contribution in [2.75, 3.05) is 33.9 Å². The van der Waals surface area contributed by atoms with E-state index in [9.17, 15) is 0 Å². The summed E-state index contributed by atoms with van der Waals surface area (Å²) in [6.07, 6.45) is 0. The molecule has 4 nitrogen and oxygen atoms in total. The van der Waals surface area contributed by atoms with Gasteiger partial charge in [0.05, 0.1) is 14.2 Å². The first kappa shape index (κ1) is 12.2. The Morgan fingerprint density at radius 1 is 1.29 bits per heavy atom. The Morgan fingerprint density at radius 3 is 2.76 bits per heavy atom. The van der Waals surface area contributed by atoms with Gasteiger partial charge >= 0.3 is 0 Å². The number of nitrogens with one attached hydrogen (secondary N) is 1. The number of hydrogen-bond donors (Lipinski definition) is 2. The fraction of sp³-hybridized carbons (Fsp3) is 0.538. The molecule has 17 heavy (non-hydrogen) atoms. The molecule has 0 aromatic heterocycles. The van der Waals surface area contributed by atoms with Crippen molar-refractivity contribution in [2.24, 2.45) is 11.7 Å². The molecular formula is C13H20N2O2. The number of hydrogen-bond acceptors (Lipinski definition) is 4. The topological polar surface area (TPSA) is 56.5 Å². The first-order valence-electron chi connectivity index (χ1n) is 5.92. The second-order valence-electron chi connectivity index (χ2n) is 4.37. The summed E-state index contributed by atoms with van der Waals surface area (Å²) in [5.41, 5.74) is 7.00. The molecule has 1 fully saturated rings. The van der Waals surface area contributed by atoms with Gasteiger partial charge in [-0.2, -0.15) is 0 Å². The van der Waals surface area contributed by atoms with Crippen LogP contribution in [0.1, 0.15) is 11.5 Å². The summed E-state index contributed by atoms with van der Waals surface area (Å²) in [7, 11) is 3.38. The SMILES string of the molecule is COc1ccc(OC)c(C2CNCC2CN)c1. The van der Waals surface area contributed by atoms with Crippen LogP contribution in [0.2, 0.25) is 0 Å². The molecule has 0 spiro atoms. The van der Waals surface area contributed by atoms with Crippen LogP contribution in [-0.2, 0) is 0 Å². The van der Waals surface area contributed by atoms with Gasteiger partial charge in [0.25, 0.3) is 0 Å². The van der Waals surface area contributed by atoms with E-state index in [1.165, 1.54) is 5.56 Å². The molecule has 0 aliphatic carbocycles. The Hall–Kier alpha value is -1.26. The molecule has 0 amide bonds. The Balaban J connectivity index is 2.34. The number of rotatable bonds is 4. The van der Waals surface area contributed by atoms with Crippen LogP contribution in [0.4, 0.5) is 0 Å². The summed E-state index contributed by atoms with van der Waals surface area (Å²) in [4.78, 5) is 0. The van der Waals surface area contributed by atoms with Crippen molar-refractivity contribution in [3.05, 3.63) is 23.8 Å². The predicted octanol–water partition coefficient (Wildman–Crippen LogP) is 0.966. The van der Waals surface area contributed by atoms with Crippen molar-refractivity contribution in [3.63, 3.8) is 0 Å². The van der Waals surface area contributed by atoms with Gasteiger partial charge in [-0.15, -0.1) is 0 Å². The van der Waals surface area contributed by atoms with Gasteiger partial charge in [-0.05, 0) is 37.2 Å². The average molecular weight is 236 g/mol. The van der Waals surface area contributed by atoms with Crippen LogP contribution in [0.5, 0.6) is 11.5 Å². The van der Waals surface area contributed by atoms with Gasteiger partial charge in [0.1, 0.15) is 11.5 Å². The van der Waals surface area contributed by atoms with Crippen molar-refractivity contribution in [1.82, 2.24) is 5.32 Å². The van der Waals surface area contributed by atoms with Crippen molar-refractivity contribution < 1.29 is 9.47 Å². The maximum atomic E-state index is 5.81. The minimum absolute atomic E-state index is 0.407. The summed E-state index contributed by atoms with van der Waals surface area (Å²) in [5, 5.41) is 3.38. The fourth-order valence-electron chi connectivity index (χ4n) is 2.47. The lowest BCUT2D eigenvalue weighted by molar-refractivity contribution is 0.390. The first-order chi connectivity index (χ1) is 8.30. The number of ether oxygens (including phenoxy) is 2. The molecule has 1 saturated heterocycles. The van der Waals surface area contributed by atoms with Gasteiger partial charge < -0.3 is 20.5 Å². The Kier molecular flexibility index (Phi) is 3.86. The lowest BCUT2D eigenvalue weighted by Gasteiger charge is -2.20. The molecule has 0 bridgehead atoms. The van der Waals surface area contributed by atoms with Crippen molar-refractivity contribution in [1.29, 1.82) is 0 Å². The largest absolute Gasteiger partial charge is 0.497 e. The average Bonchev–Trinajstić information content (AvgIpc) is 2.86. The Bertz CT molecular complexity index is 382. The molecule has 0 radical (unpaired) electrons. The van der Waals surface area contributed by atoms with E-state index in [1.54, 1.807) is 14.2 Å². The third-order valence-electron chi connectivity index (χ3n) is 3.48. The van der Waals surface area contributed by atoms with Crippen LogP contribution in [0.15, 0.2) is 18.2 Å². The van der Waals surface area contributed by atoms with E-state index in [2.05, 4.69) is 11.4 Å². The number of benzene rings is 1. The Morgan fingerprint density at radius 2 is 2.12 bits per heavy atom. The maximum absolute atomic E-state index is 5.81. The van der Waals surface area contributed by atoms with Gasteiger partial charge in [0, 0.05) is 18.0 Å². The molecule has 2 unspecified atom stereocenters. The lowest BCUT2D eigenvalue weighted by atomic mass is 9.88. The molecule has 94 valence electrons. The van der Waals surface area contributed by atoms with E-state index in [0.717, 1.165) is 24.6 Å². The summed E-state index contributed by atoms with van der Waals surface area (Å²) in [6.45, 7) is 2.62.